The van der Waals surface area contributed by atoms with Gasteiger partial charge in [0.2, 0.25) is 0 Å². The summed E-state index contributed by atoms with van der Waals surface area (Å²) in [6.07, 6.45) is -8.71. The predicted octanol–water partition coefficient (Wildman–Crippen LogP) is 4.88. The van der Waals surface area contributed by atoms with Crippen LogP contribution in [0, 0.1) is 11.8 Å². The normalized spacial score (nSPS) is 19.7. The third kappa shape index (κ3) is 5.14. The van der Waals surface area contributed by atoms with Crippen molar-refractivity contribution in [3.8, 4) is 11.4 Å². The molecule has 0 unspecified atom stereocenters. The number of nitrogens with one attached hydrogen (secondary N) is 1. The van der Waals surface area contributed by atoms with Crippen molar-refractivity contribution in [3.63, 3.8) is 0 Å². The lowest BCUT2D eigenvalue weighted by molar-refractivity contribution is -0.180. The summed E-state index contributed by atoms with van der Waals surface area (Å²) in [6, 6.07) is 6.99. The van der Waals surface area contributed by atoms with Gasteiger partial charge in [-0.25, -0.2) is 14.6 Å². The Kier molecular flexibility index (Phi) is 6.72. The second-order valence-electron chi connectivity index (χ2n) is 9.75. The van der Waals surface area contributed by atoms with Crippen molar-refractivity contribution in [1.82, 2.24) is 29.6 Å². The van der Waals surface area contributed by atoms with Crippen molar-refractivity contribution in [2.75, 3.05) is 0 Å². The molecule has 0 saturated heterocycles. The number of rotatable bonds is 5. The fourth-order valence-corrected chi connectivity index (χ4v) is 5.08. The minimum atomic E-state index is -4.30. The third-order valence-corrected chi connectivity index (χ3v) is 7.26. The molecule has 0 bridgehead atoms. The van der Waals surface area contributed by atoms with Crippen molar-refractivity contribution < 1.29 is 31.1 Å². The smallest absolute Gasteiger partial charge is 0.347 e. The van der Waals surface area contributed by atoms with Crippen LogP contribution in [-0.4, -0.2) is 42.6 Å². The first-order valence-corrected chi connectivity index (χ1v) is 12.5. The quantitative estimate of drug-likeness (QED) is 0.468. The number of carbonyl (C=O) groups is 1. The standard InChI is InChI=1S/C25H26F6N6O/c1-2-18-21(36-9-7-16(24(26,27)28)11-19(36)33-18)23(38)32-13-14-3-5-15(6-4-14)22-34-20-12-17(25(29,30)31)8-10-37(20)35-22/h3-6,16-17H,2,7-13H2,1H3,(H,32,38)/t16-,17-/m0/s1. The van der Waals surface area contributed by atoms with Crippen LogP contribution in [0.15, 0.2) is 24.3 Å². The van der Waals surface area contributed by atoms with Crippen LogP contribution in [0.5, 0.6) is 0 Å². The van der Waals surface area contributed by atoms with E-state index in [0.29, 0.717) is 35.0 Å². The summed E-state index contributed by atoms with van der Waals surface area (Å²) < 4.78 is 81.9. The maximum Gasteiger partial charge on any atom is 0.392 e. The summed E-state index contributed by atoms with van der Waals surface area (Å²) in [5.41, 5.74) is 2.17. The first-order chi connectivity index (χ1) is 17.9. The van der Waals surface area contributed by atoms with Crippen LogP contribution in [0.1, 0.15) is 53.2 Å². The van der Waals surface area contributed by atoms with E-state index in [9.17, 15) is 31.1 Å². The van der Waals surface area contributed by atoms with Gasteiger partial charge in [-0.15, -0.1) is 0 Å². The van der Waals surface area contributed by atoms with Gasteiger partial charge in [-0.05, 0) is 24.8 Å². The van der Waals surface area contributed by atoms with E-state index in [2.05, 4.69) is 20.4 Å². The van der Waals surface area contributed by atoms with E-state index in [1.54, 1.807) is 35.8 Å². The molecule has 0 radical (unpaired) electrons. The molecule has 1 amide bonds. The van der Waals surface area contributed by atoms with E-state index in [0.717, 1.165) is 5.56 Å². The van der Waals surface area contributed by atoms with Gasteiger partial charge in [-0.2, -0.15) is 31.4 Å². The van der Waals surface area contributed by atoms with E-state index >= 15 is 0 Å². The average Bonchev–Trinajstić information content (AvgIpc) is 3.47. The highest BCUT2D eigenvalue weighted by molar-refractivity contribution is 5.94. The van der Waals surface area contributed by atoms with Crippen molar-refractivity contribution in [2.45, 2.75) is 71.0 Å². The lowest BCUT2D eigenvalue weighted by atomic mass is 9.97. The summed E-state index contributed by atoms with van der Waals surface area (Å²) in [4.78, 5) is 21.6. The third-order valence-electron chi connectivity index (χ3n) is 7.26. The maximum atomic E-state index is 13.2. The lowest BCUT2D eigenvalue weighted by Crippen LogP contribution is -2.33. The Morgan fingerprint density at radius 3 is 2.21 bits per heavy atom. The minimum absolute atomic E-state index is 0.0268. The number of alkyl halides is 6. The molecular weight excluding hydrogens is 514 g/mol. The molecule has 204 valence electrons. The Morgan fingerprint density at radius 1 is 0.947 bits per heavy atom. The van der Waals surface area contributed by atoms with Crippen molar-refractivity contribution in [1.29, 1.82) is 0 Å². The van der Waals surface area contributed by atoms with Gasteiger partial charge < -0.3 is 9.88 Å². The van der Waals surface area contributed by atoms with E-state index in [1.165, 1.54) is 4.68 Å². The molecule has 0 spiro atoms. The molecule has 0 saturated carbocycles. The fraction of sp³-hybridized carbons (Fsp3) is 0.520. The van der Waals surface area contributed by atoms with Crippen LogP contribution in [-0.2, 0) is 38.9 Å². The molecule has 38 heavy (non-hydrogen) atoms. The van der Waals surface area contributed by atoms with Gasteiger partial charge in [0.15, 0.2) is 5.82 Å². The van der Waals surface area contributed by atoms with Crippen molar-refractivity contribution >= 4 is 5.91 Å². The van der Waals surface area contributed by atoms with Gasteiger partial charge >= 0.3 is 12.4 Å². The number of aromatic nitrogens is 5. The molecular formula is C25H26F6N6O. The van der Waals surface area contributed by atoms with Crippen LogP contribution < -0.4 is 5.32 Å². The highest BCUT2D eigenvalue weighted by atomic mass is 19.4. The van der Waals surface area contributed by atoms with Crippen LogP contribution >= 0.6 is 0 Å². The number of carbonyl (C=O) groups excluding carboxylic acids is 1. The summed E-state index contributed by atoms with van der Waals surface area (Å²) in [7, 11) is 0. The zero-order chi connectivity index (χ0) is 27.2. The van der Waals surface area contributed by atoms with Gasteiger partial charge in [-0.1, -0.05) is 31.2 Å². The number of nitrogens with zero attached hydrogens (tertiary/aromatic N) is 5. The summed E-state index contributed by atoms with van der Waals surface area (Å²) in [5, 5.41) is 7.17. The Bertz CT molecular complexity index is 1320. The van der Waals surface area contributed by atoms with Gasteiger partial charge in [0, 0.05) is 38.0 Å². The number of fused-ring (bicyclic) bond motifs is 2. The molecule has 2 atom stereocenters. The number of imidazole rings is 1. The van der Waals surface area contributed by atoms with Crippen LogP contribution in [0.3, 0.4) is 0 Å². The topological polar surface area (TPSA) is 77.6 Å². The van der Waals surface area contributed by atoms with Crippen LogP contribution in [0.25, 0.3) is 11.4 Å². The molecule has 0 aliphatic carbocycles. The number of benzene rings is 1. The molecule has 2 aliphatic rings. The molecule has 2 aromatic heterocycles. The molecule has 5 rings (SSSR count). The van der Waals surface area contributed by atoms with Gasteiger partial charge in [0.1, 0.15) is 17.3 Å². The number of hydrogen-bond acceptors (Lipinski definition) is 4. The number of amides is 1. The first kappa shape index (κ1) is 26.2. The van der Waals surface area contributed by atoms with Gasteiger partial charge in [0.25, 0.3) is 5.91 Å². The largest absolute Gasteiger partial charge is 0.392 e. The molecule has 1 N–H and O–H groups in total. The second kappa shape index (κ2) is 9.73. The summed E-state index contributed by atoms with van der Waals surface area (Å²) in [5.74, 6) is -2.35. The van der Waals surface area contributed by atoms with Gasteiger partial charge in [-0.3, -0.25) is 4.79 Å². The molecule has 4 heterocycles. The van der Waals surface area contributed by atoms with Crippen LogP contribution in [0.4, 0.5) is 26.3 Å². The lowest BCUT2D eigenvalue weighted by Gasteiger charge is -2.26. The fourth-order valence-electron chi connectivity index (χ4n) is 5.08. The Balaban J connectivity index is 1.25. The molecule has 2 aliphatic heterocycles. The minimum Gasteiger partial charge on any atom is -0.347 e. The van der Waals surface area contributed by atoms with Crippen molar-refractivity contribution in [2.24, 2.45) is 11.8 Å². The first-order valence-electron chi connectivity index (χ1n) is 12.5. The van der Waals surface area contributed by atoms with E-state index in [1.807, 2.05) is 0 Å². The Morgan fingerprint density at radius 2 is 1.58 bits per heavy atom. The summed E-state index contributed by atoms with van der Waals surface area (Å²) in [6.45, 7) is 2.21. The highest BCUT2D eigenvalue weighted by Gasteiger charge is 2.43. The molecule has 7 nitrogen and oxygen atoms in total. The summed E-state index contributed by atoms with van der Waals surface area (Å²) >= 11 is 0. The Labute approximate surface area is 214 Å². The average molecular weight is 541 g/mol. The zero-order valence-corrected chi connectivity index (χ0v) is 20.5. The number of aryl methyl sites for hydroxylation is 2. The highest BCUT2D eigenvalue weighted by Crippen LogP contribution is 2.36. The maximum absolute atomic E-state index is 13.2. The zero-order valence-electron chi connectivity index (χ0n) is 20.5. The molecule has 1 aromatic carbocycles. The molecule has 13 heteroatoms. The molecule has 0 fully saturated rings. The molecule has 3 aromatic rings. The number of hydrogen-bond donors (Lipinski definition) is 1. The van der Waals surface area contributed by atoms with Gasteiger partial charge in [0.05, 0.1) is 17.5 Å². The van der Waals surface area contributed by atoms with E-state index < -0.39 is 30.1 Å². The number of halogens is 6. The van der Waals surface area contributed by atoms with Crippen LogP contribution in [0.2, 0.25) is 0 Å². The predicted molar refractivity (Wildman–Crippen MR) is 124 cm³/mol. The Hall–Kier alpha value is -3.38. The monoisotopic (exact) mass is 540 g/mol. The SMILES string of the molecule is CCc1nc2n(c1C(=O)NCc1ccc(-c3nc4n(n3)CC[C@H](C(F)(F)F)C4)cc1)CC[C@H](C(F)(F)F)C2. The van der Waals surface area contributed by atoms with E-state index in [-0.39, 0.29) is 51.1 Å². The van der Waals surface area contributed by atoms with E-state index in [4.69, 9.17) is 0 Å². The second-order valence-corrected chi connectivity index (χ2v) is 9.75. The van der Waals surface area contributed by atoms with Crippen molar-refractivity contribution in [3.05, 3.63) is 52.9 Å².